The number of nitrogens with one attached hydrogen (secondary N) is 1. The van der Waals surface area contributed by atoms with Crippen molar-refractivity contribution in [2.75, 3.05) is 31.1 Å². The SMILES string of the molecule is [C-]#[N+]c1c(N2CCNC(CO)C2)nc(SC(C(N)=O)c2ccccc2)c(C#N)c1C1CC1. The molecule has 4 rings (SSSR count). The quantitative estimate of drug-likeness (QED) is 0.440. The molecular weight excluding hydrogens is 424 g/mol. The van der Waals surface area contributed by atoms with Crippen LogP contribution < -0.4 is 16.0 Å². The predicted molar refractivity (Wildman–Crippen MR) is 123 cm³/mol. The van der Waals surface area contributed by atoms with Crippen LogP contribution in [0.3, 0.4) is 0 Å². The summed E-state index contributed by atoms with van der Waals surface area (Å²) >= 11 is 1.16. The zero-order valence-electron chi connectivity index (χ0n) is 17.5. The molecule has 1 saturated carbocycles. The van der Waals surface area contributed by atoms with Gasteiger partial charge in [-0.3, -0.25) is 4.79 Å². The molecule has 9 heteroatoms. The summed E-state index contributed by atoms with van der Waals surface area (Å²) in [5.41, 5.74) is 7.96. The zero-order valence-corrected chi connectivity index (χ0v) is 18.3. The molecular formula is C23H24N6O2S. The highest BCUT2D eigenvalue weighted by atomic mass is 32.2. The zero-order chi connectivity index (χ0) is 22.7. The summed E-state index contributed by atoms with van der Waals surface area (Å²) in [4.78, 5) is 22.9. The molecule has 1 aliphatic heterocycles. The van der Waals surface area contributed by atoms with Gasteiger partial charge in [-0.2, -0.15) is 5.26 Å². The standard InChI is InChI=1S/C23H24N6O2S/c1-26-19-18(14-7-8-14)17(11-24)23(28-22(19)29-10-9-27-16(12-29)13-30)32-20(21(25)31)15-5-3-2-4-6-15/h2-6,14,16,20,27,30H,7-10,12-13H2,(H2,25,31). The molecule has 1 saturated heterocycles. The number of aromatic nitrogens is 1. The Bertz CT molecular complexity index is 1090. The monoisotopic (exact) mass is 448 g/mol. The van der Waals surface area contributed by atoms with E-state index in [0.29, 0.717) is 41.7 Å². The van der Waals surface area contributed by atoms with E-state index in [2.05, 4.69) is 16.2 Å². The molecule has 2 unspecified atom stereocenters. The van der Waals surface area contributed by atoms with Crippen molar-refractivity contribution < 1.29 is 9.90 Å². The minimum absolute atomic E-state index is 0.0189. The lowest BCUT2D eigenvalue weighted by Gasteiger charge is -2.35. The first-order chi connectivity index (χ1) is 15.6. The number of rotatable bonds is 7. The van der Waals surface area contributed by atoms with Crippen LogP contribution in [-0.2, 0) is 4.79 Å². The van der Waals surface area contributed by atoms with Crippen LogP contribution in [0.25, 0.3) is 4.85 Å². The van der Waals surface area contributed by atoms with E-state index in [-0.39, 0.29) is 18.6 Å². The van der Waals surface area contributed by atoms with Gasteiger partial charge in [0.25, 0.3) is 0 Å². The van der Waals surface area contributed by atoms with Crippen LogP contribution in [0.1, 0.15) is 40.7 Å². The minimum Gasteiger partial charge on any atom is -0.395 e. The average Bonchev–Trinajstić information content (AvgIpc) is 3.67. The second-order valence-corrected chi connectivity index (χ2v) is 9.06. The number of nitrogens with zero attached hydrogens (tertiary/aromatic N) is 4. The van der Waals surface area contributed by atoms with E-state index in [1.807, 2.05) is 35.2 Å². The molecule has 2 aliphatic rings. The van der Waals surface area contributed by atoms with Crippen LogP contribution in [0.15, 0.2) is 35.4 Å². The van der Waals surface area contributed by atoms with Gasteiger partial charge >= 0.3 is 0 Å². The number of hydrogen-bond acceptors (Lipinski definition) is 7. The van der Waals surface area contributed by atoms with E-state index < -0.39 is 11.2 Å². The fourth-order valence-electron chi connectivity index (χ4n) is 4.02. The number of anilines is 1. The number of amides is 1. The number of nitrogens with two attached hydrogens (primary N) is 1. The Kier molecular flexibility index (Phi) is 6.61. The van der Waals surface area contributed by atoms with Crippen molar-refractivity contribution in [1.82, 2.24) is 10.3 Å². The number of carbonyl (C=O) groups is 1. The van der Waals surface area contributed by atoms with Crippen LogP contribution in [0.5, 0.6) is 0 Å². The molecule has 2 fully saturated rings. The maximum Gasteiger partial charge on any atom is 0.235 e. The average molecular weight is 449 g/mol. The van der Waals surface area contributed by atoms with Gasteiger partial charge in [0.1, 0.15) is 22.2 Å². The largest absolute Gasteiger partial charge is 0.395 e. The summed E-state index contributed by atoms with van der Waals surface area (Å²) in [6.07, 6.45) is 1.84. The third kappa shape index (κ3) is 4.42. The lowest BCUT2D eigenvalue weighted by Crippen LogP contribution is -2.52. The predicted octanol–water partition coefficient (Wildman–Crippen LogP) is 2.47. The Balaban J connectivity index is 1.83. The second-order valence-electron chi connectivity index (χ2n) is 7.97. The Morgan fingerprint density at radius 2 is 2.19 bits per heavy atom. The summed E-state index contributed by atoms with van der Waals surface area (Å²) in [5.74, 6) is 0.146. The highest BCUT2D eigenvalue weighted by Crippen LogP contribution is 2.51. The van der Waals surface area contributed by atoms with E-state index in [1.165, 1.54) is 0 Å². The molecule has 32 heavy (non-hydrogen) atoms. The van der Waals surface area contributed by atoms with Crippen LogP contribution in [-0.4, -0.2) is 48.3 Å². The summed E-state index contributed by atoms with van der Waals surface area (Å²) in [5, 5.41) is 22.6. The number of aliphatic hydroxyl groups excluding tert-OH is 1. The molecule has 0 bridgehead atoms. The Labute approximate surface area is 191 Å². The minimum atomic E-state index is -0.706. The lowest BCUT2D eigenvalue weighted by atomic mass is 10.0. The van der Waals surface area contributed by atoms with Gasteiger partial charge in [-0.05, 0) is 29.9 Å². The van der Waals surface area contributed by atoms with Gasteiger partial charge in [-0.15, -0.1) is 0 Å². The number of aliphatic hydroxyl groups is 1. The first-order valence-electron chi connectivity index (χ1n) is 10.5. The molecule has 8 nitrogen and oxygen atoms in total. The summed E-state index contributed by atoms with van der Waals surface area (Å²) in [7, 11) is 0. The van der Waals surface area contributed by atoms with E-state index >= 15 is 0 Å². The Morgan fingerprint density at radius 3 is 2.78 bits per heavy atom. The van der Waals surface area contributed by atoms with Crippen LogP contribution in [0.2, 0.25) is 0 Å². The van der Waals surface area contributed by atoms with E-state index in [4.69, 9.17) is 17.3 Å². The first kappa shape index (κ1) is 22.1. The second kappa shape index (κ2) is 9.58. The number of piperazine rings is 1. The molecule has 2 aromatic rings. The summed E-state index contributed by atoms with van der Waals surface area (Å²) in [6, 6.07) is 11.3. The van der Waals surface area contributed by atoms with Crippen molar-refractivity contribution in [1.29, 1.82) is 5.26 Å². The molecule has 1 aromatic carbocycles. The first-order valence-corrected chi connectivity index (χ1v) is 11.4. The number of hydrogen-bond donors (Lipinski definition) is 3. The third-order valence-electron chi connectivity index (χ3n) is 5.73. The van der Waals surface area contributed by atoms with Crippen molar-refractivity contribution in [2.24, 2.45) is 5.73 Å². The van der Waals surface area contributed by atoms with Crippen molar-refractivity contribution in [3.05, 3.63) is 58.4 Å². The van der Waals surface area contributed by atoms with Gasteiger partial charge in [0.2, 0.25) is 11.6 Å². The van der Waals surface area contributed by atoms with Crippen molar-refractivity contribution >= 4 is 29.2 Å². The Hall–Kier alpha value is -3.11. The van der Waals surface area contributed by atoms with Gasteiger partial charge in [-0.25, -0.2) is 9.83 Å². The molecule has 1 aliphatic carbocycles. The van der Waals surface area contributed by atoms with Crippen LogP contribution in [0.4, 0.5) is 11.5 Å². The molecule has 1 amide bonds. The Morgan fingerprint density at radius 1 is 1.44 bits per heavy atom. The van der Waals surface area contributed by atoms with Crippen LogP contribution in [0, 0.1) is 17.9 Å². The molecule has 1 aromatic heterocycles. The fraction of sp³-hybridized carbons (Fsp3) is 0.391. The van der Waals surface area contributed by atoms with Crippen molar-refractivity contribution in [3.63, 3.8) is 0 Å². The smallest absolute Gasteiger partial charge is 0.235 e. The molecule has 2 atom stereocenters. The number of nitriles is 1. The highest BCUT2D eigenvalue weighted by Gasteiger charge is 2.36. The van der Waals surface area contributed by atoms with Gasteiger partial charge in [0.05, 0.1) is 18.7 Å². The number of thioether (sulfide) groups is 1. The summed E-state index contributed by atoms with van der Waals surface area (Å²) < 4.78 is 0. The summed E-state index contributed by atoms with van der Waals surface area (Å²) in [6.45, 7) is 9.62. The molecule has 164 valence electrons. The molecule has 0 radical (unpaired) electrons. The van der Waals surface area contributed by atoms with E-state index in [1.54, 1.807) is 0 Å². The van der Waals surface area contributed by atoms with Gasteiger partial charge in [0.15, 0.2) is 0 Å². The van der Waals surface area contributed by atoms with Gasteiger partial charge in [0, 0.05) is 25.7 Å². The maximum absolute atomic E-state index is 12.3. The van der Waals surface area contributed by atoms with Crippen molar-refractivity contribution in [3.8, 4) is 6.07 Å². The number of pyridine rings is 1. The highest BCUT2D eigenvalue weighted by molar-refractivity contribution is 8.00. The van der Waals surface area contributed by atoms with Gasteiger partial charge in [-0.1, -0.05) is 42.1 Å². The third-order valence-corrected chi connectivity index (χ3v) is 6.99. The molecule has 2 heterocycles. The number of primary amides is 1. The van der Waals surface area contributed by atoms with E-state index in [0.717, 1.165) is 35.7 Å². The number of carbonyl (C=O) groups excluding carboxylic acids is 1. The normalized spacial score (nSPS) is 19.1. The topological polar surface area (TPSA) is 120 Å². The fourth-order valence-corrected chi connectivity index (χ4v) is 5.07. The number of benzene rings is 1. The molecule has 4 N–H and O–H groups in total. The van der Waals surface area contributed by atoms with Gasteiger partial charge < -0.3 is 21.1 Å². The van der Waals surface area contributed by atoms with Crippen LogP contribution >= 0.6 is 11.8 Å². The molecule has 0 spiro atoms. The lowest BCUT2D eigenvalue weighted by molar-refractivity contribution is -0.117. The van der Waals surface area contributed by atoms with Crippen molar-refractivity contribution in [2.45, 2.75) is 35.1 Å². The van der Waals surface area contributed by atoms with E-state index in [9.17, 15) is 15.2 Å². The maximum atomic E-state index is 12.3.